The standard InChI is InChI=1S/C20H19BrO4/c1-4-12-5-7-15-19(24)11(2)9-17(23)20(15,21)18(12)14-10-13(25-3)6-8-16(14)22/h4-6,8-10,15,18,22H,1,7H2,2-3H3. The predicted octanol–water partition coefficient (Wildman–Crippen LogP) is 3.85. The number of allylic oxidation sites excluding steroid dienone is 5. The highest BCUT2D eigenvalue weighted by Crippen LogP contribution is 2.55. The van der Waals surface area contributed by atoms with Gasteiger partial charge in [0.15, 0.2) is 11.6 Å². The molecule has 0 heterocycles. The zero-order valence-corrected chi connectivity index (χ0v) is 15.7. The van der Waals surface area contributed by atoms with E-state index in [1.807, 2.05) is 6.08 Å². The quantitative estimate of drug-likeness (QED) is 0.779. The van der Waals surface area contributed by atoms with Gasteiger partial charge in [-0.25, -0.2) is 0 Å². The van der Waals surface area contributed by atoms with Gasteiger partial charge in [-0.3, -0.25) is 9.59 Å². The van der Waals surface area contributed by atoms with E-state index in [0.717, 1.165) is 5.57 Å². The molecule has 3 rings (SSSR count). The number of fused-ring (bicyclic) bond motifs is 1. The lowest BCUT2D eigenvalue weighted by atomic mass is 9.62. The van der Waals surface area contributed by atoms with Crippen molar-refractivity contribution in [3.8, 4) is 11.5 Å². The zero-order chi connectivity index (χ0) is 18.4. The summed E-state index contributed by atoms with van der Waals surface area (Å²) in [7, 11) is 1.54. The number of carbonyl (C=O) groups excluding carboxylic acids is 2. The Morgan fingerprint density at radius 1 is 1.40 bits per heavy atom. The minimum Gasteiger partial charge on any atom is -0.508 e. The Kier molecular flexibility index (Phi) is 4.45. The molecule has 3 unspecified atom stereocenters. The monoisotopic (exact) mass is 402 g/mol. The van der Waals surface area contributed by atoms with Crippen LogP contribution in [0, 0.1) is 5.92 Å². The van der Waals surface area contributed by atoms with Gasteiger partial charge in [0.1, 0.15) is 15.8 Å². The molecule has 5 heteroatoms. The van der Waals surface area contributed by atoms with Gasteiger partial charge < -0.3 is 9.84 Å². The van der Waals surface area contributed by atoms with E-state index in [1.54, 1.807) is 25.1 Å². The van der Waals surface area contributed by atoms with Crippen LogP contribution in [-0.4, -0.2) is 28.1 Å². The highest BCUT2D eigenvalue weighted by atomic mass is 79.9. The van der Waals surface area contributed by atoms with Crippen LogP contribution in [0.1, 0.15) is 24.8 Å². The second-order valence-electron chi connectivity index (χ2n) is 6.38. The van der Waals surface area contributed by atoms with E-state index in [2.05, 4.69) is 22.5 Å². The average Bonchev–Trinajstić information content (AvgIpc) is 2.60. The molecule has 0 fully saturated rings. The number of halogens is 1. The molecule has 2 aliphatic carbocycles. The van der Waals surface area contributed by atoms with Crippen molar-refractivity contribution in [3.05, 3.63) is 59.7 Å². The number of phenolic OH excluding ortho intramolecular Hbond substituents is 1. The van der Waals surface area contributed by atoms with E-state index in [4.69, 9.17) is 4.74 Å². The summed E-state index contributed by atoms with van der Waals surface area (Å²) in [5.74, 6) is -0.679. The van der Waals surface area contributed by atoms with E-state index >= 15 is 0 Å². The highest BCUT2D eigenvalue weighted by Gasteiger charge is 2.56. The molecule has 3 atom stereocenters. The normalized spacial score (nSPS) is 28.8. The fourth-order valence-electron chi connectivity index (χ4n) is 3.75. The van der Waals surface area contributed by atoms with Crippen LogP contribution in [0.25, 0.3) is 0 Å². The van der Waals surface area contributed by atoms with Crippen LogP contribution in [0.2, 0.25) is 0 Å². The molecule has 0 aliphatic heterocycles. The summed E-state index contributed by atoms with van der Waals surface area (Å²) in [4.78, 5) is 25.7. The van der Waals surface area contributed by atoms with E-state index in [9.17, 15) is 14.7 Å². The second-order valence-corrected chi connectivity index (χ2v) is 7.69. The van der Waals surface area contributed by atoms with Gasteiger partial charge >= 0.3 is 0 Å². The van der Waals surface area contributed by atoms with E-state index < -0.39 is 16.2 Å². The maximum Gasteiger partial charge on any atom is 0.174 e. The molecule has 0 amide bonds. The summed E-state index contributed by atoms with van der Waals surface area (Å²) in [6.45, 7) is 5.51. The molecule has 25 heavy (non-hydrogen) atoms. The Labute approximate surface area is 155 Å². The molecule has 2 aliphatic rings. The Balaban J connectivity index is 2.26. The van der Waals surface area contributed by atoms with Crippen LogP contribution < -0.4 is 4.74 Å². The molecule has 0 radical (unpaired) electrons. The van der Waals surface area contributed by atoms with Gasteiger partial charge in [0.05, 0.1) is 7.11 Å². The van der Waals surface area contributed by atoms with Crippen LogP contribution in [0.5, 0.6) is 11.5 Å². The van der Waals surface area contributed by atoms with Crippen LogP contribution in [-0.2, 0) is 9.59 Å². The van der Waals surface area contributed by atoms with Crippen molar-refractivity contribution in [2.75, 3.05) is 7.11 Å². The molecule has 1 N–H and O–H groups in total. The Hall–Kier alpha value is -2.14. The molecule has 0 saturated heterocycles. The minimum absolute atomic E-state index is 0.0459. The molecule has 0 aromatic heterocycles. The van der Waals surface area contributed by atoms with Gasteiger partial charge in [0.2, 0.25) is 0 Å². The SMILES string of the molecule is C=CC1=CCC2C(=O)C(C)=CC(=O)C2(Br)C1c1cc(OC)ccc1O. The summed E-state index contributed by atoms with van der Waals surface area (Å²) in [5.41, 5.74) is 1.79. The fourth-order valence-corrected chi connectivity index (χ4v) is 4.77. The first kappa shape index (κ1) is 17.7. The van der Waals surface area contributed by atoms with Crippen molar-refractivity contribution in [1.29, 1.82) is 0 Å². The number of ketones is 2. The Morgan fingerprint density at radius 3 is 2.76 bits per heavy atom. The molecule has 130 valence electrons. The Bertz CT molecular complexity index is 836. The van der Waals surface area contributed by atoms with Gasteiger partial charge in [-0.1, -0.05) is 34.7 Å². The average molecular weight is 403 g/mol. The molecule has 1 aromatic carbocycles. The first-order chi connectivity index (χ1) is 11.8. The summed E-state index contributed by atoms with van der Waals surface area (Å²) >= 11 is 3.62. The maximum absolute atomic E-state index is 13.0. The van der Waals surface area contributed by atoms with Crippen molar-refractivity contribution in [2.24, 2.45) is 5.92 Å². The molecule has 0 saturated carbocycles. The van der Waals surface area contributed by atoms with Crippen molar-refractivity contribution < 1.29 is 19.4 Å². The molecular weight excluding hydrogens is 384 g/mol. The summed E-state index contributed by atoms with van der Waals surface area (Å²) in [5, 5.41) is 10.5. The smallest absolute Gasteiger partial charge is 0.174 e. The summed E-state index contributed by atoms with van der Waals surface area (Å²) in [6, 6.07) is 4.88. The van der Waals surface area contributed by atoms with Gasteiger partial charge in [0, 0.05) is 17.4 Å². The third-order valence-electron chi connectivity index (χ3n) is 5.06. The number of methoxy groups -OCH3 is 1. The number of rotatable bonds is 3. The van der Waals surface area contributed by atoms with Gasteiger partial charge in [-0.2, -0.15) is 0 Å². The number of Topliss-reactive ketones (excluding diaryl/α,β-unsaturated/α-hetero) is 1. The van der Waals surface area contributed by atoms with Gasteiger partial charge in [-0.05, 0) is 48.8 Å². The van der Waals surface area contributed by atoms with Crippen LogP contribution in [0.15, 0.2) is 54.2 Å². The fraction of sp³-hybridized carbons (Fsp3) is 0.300. The molecule has 0 spiro atoms. The molecule has 0 bridgehead atoms. The summed E-state index contributed by atoms with van der Waals surface area (Å²) < 4.78 is 4.12. The van der Waals surface area contributed by atoms with Gasteiger partial charge in [-0.15, -0.1) is 0 Å². The lowest BCUT2D eigenvalue weighted by Crippen LogP contribution is -2.52. The number of hydrogen-bond donors (Lipinski definition) is 1. The Morgan fingerprint density at radius 2 is 2.12 bits per heavy atom. The first-order valence-corrected chi connectivity index (χ1v) is 8.79. The number of phenols is 1. The molecular formula is C20H19BrO4. The third-order valence-corrected chi connectivity index (χ3v) is 6.46. The lowest BCUT2D eigenvalue weighted by molar-refractivity contribution is -0.128. The van der Waals surface area contributed by atoms with Crippen molar-refractivity contribution in [3.63, 3.8) is 0 Å². The number of aromatic hydroxyl groups is 1. The summed E-state index contributed by atoms with van der Waals surface area (Å²) in [6.07, 6.45) is 5.43. The first-order valence-electron chi connectivity index (χ1n) is 7.99. The van der Waals surface area contributed by atoms with Crippen LogP contribution in [0.4, 0.5) is 0 Å². The van der Waals surface area contributed by atoms with E-state index in [-0.39, 0.29) is 17.3 Å². The second kappa shape index (κ2) is 6.30. The molecule has 4 nitrogen and oxygen atoms in total. The topological polar surface area (TPSA) is 63.6 Å². The van der Waals surface area contributed by atoms with Crippen LogP contribution >= 0.6 is 15.9 Å². The maximum atomic E-state index is 13.0. The van der Waals surface area contributed by atoms with Gasteiger partial charge in [0.25, 0.3) is 0 Å². The number of hydrogen-bond acceptors (Lipinski definition) is 4. The number of carbonyl (C=O) groups is 2. The van der Waals surface area contributed by atoms with Crippen molar-refractivity contribution in [1.82, 2.24) is 0 Å². The predicted molar refractivity (Wildman–Crippen MR) is 99.2 cm³/mol. The zero-order valence-electron chi connectivity index (χ0n) is 14.1. The van der Waals surface area contributed by atoms with E-state index in [1.165, 1.54) is 19.3 Å². The number of ether oxygens (including phenoxy) is 1. The third kappa shape index (κ3) is 2.58. The number of alkyl halides is 1. The molecule has 1 aromatic rings. The minimum atomic E-state index is -1.15. The number of benzene rings is 1. The van der Waals surface area contributed by atoms with E-state index in [0.29, 0.717) is 23.3 Å². The highest BCUT2D eigenvalue weighted by molar-refractivity contribution is 9.10. The largest absolute Gasteiger partial charge is 0.508 e. The lowest BCUT2D eigenvalue weighted by Gasteiger charge is -2.45. The van der Waals surface area contributed by atoms with Crippen molar-refractivity contribution in [2.45, 2.75) is 23.6 Å². The van der Waals surface area contributed by atoms with Crippen LogP contribution in [0.3, 0.4) is 0 Å². The van der Waals surface area contributed by atoms with Crippen molar-refractivity contribution >= 4 is 27.5 Å².